The number of aryl methyl sites for hydroxylation is 1. The van der Waals surface area contributed by atoms with Crippen LogP contribution in [0.15, 0.2) is 30.6 Å². The van der Waals surface area contributed by atoms with Crippen molar-refractivity contribution in [3.8, 4) is 5.75 Å². The highest BCUT2D eigenvalue weighted by Crippen LogP contribution is 2.35. The largest absolute Gasteiger partial charge is 0.482 e. The van der Waals surface area contributed by atoms with Gasteiger partial charge in [-0.25, -0.2) is 13.2 Å². The third-order valence-electron chi connectivity index (χ3n) is 4.29. The van der Waals surface area contributed by atoms with Gasteiger partial charge in [-0.1, -0.05) is 6.92 Å². The van der Waals surface area contributed by atoms with Gasteiger partial charge in [-0.2, -0.15) is 0 Å². The first-order valence-corrected chi connectivity index (χ1v) is 8.04. The topological polar surface area (TPSA) is 34.1 Å². The molecule has 128 valence electrons. The van der Waals surface area contributed by atoms with Gasteiger partial charge in [0.25, 0.3) is 0 Å². The maximum absolute atomic E-state index is 14.3. The summed E-state index contributed by atoms with van der Waals surface area (Å²) in [6, 6.07) is 3.43. The molecule has 24 heavy (non-hydrogen) atoms. The molecule has 2 atom stereocenters. The second-order valence-corrected chi connectivity index (χ2v) is 5.96. The number of benzene rings is 1. The van der Waals surface area contributed by atoms with E-state index in [2.05, 4.69) is 10.3 Å². The molecule has 3 nitrogen and oxygen atoms in total. The molecule has 1 aromatic carbocycles. The van der Waals surface area contributed by atoms with E-state index in [1.807, 2.05) is 0 Å². The Bertz CT molecular complexity index is 717. The molecule has 0 amide bonds. The third-order valence-corrected chi connectivity index (χ3v) is 4.29. The summed E-state index contributed by atoms with van der Waals surface area (Å²) in [6.07, 6.45) is 3.35. The van der Waals surface area contributed by atoms with Crippen LogP contribution in [0.4, 0.5) is 13.2 Å². The minimum absolute atomic E-state index is 0.0278. The molecule has 2 heterocycles. The van der Waals surface area contributed by atoms with E-state index < -0.39 is 23.6 Å². The fraction of sp³-hybridized carbons (Fsp3) is 0.389. The van der Waals surface area contributed by atoms with Crippen LogP contribution >= 0.6 is 0 Å². The van der Waals surface area contributed by atoms with Crippen molar-refractivity contribution in [1.82, 2.24) is 10.3 Å². The monoisotopic (exact) mass is 336 g/mol. The molecule has 2 aromatic rings. The van der Waals surface area contributed by atoms with E-state index in [0.717, 1.165) is 25.2 Å². The first-order chi connectivity index (χ1) is 11.6. The lowest BCUT2D eigenvalue weighted by Gasteiger charge is -2.26. The van der Waals surface area contributed by atoms with Gasteiger partial charge in [-0.05, 0) is 37.1 Å². The van der Waals surface area contributed by atoms with E-state index in [0.29, 0.717) is 24.1 Å². The summed E-state index contributed by atoms with van der Waals surface area (Å²) in [4.78, 5) is 3.87. The molecule has 1 aliphatic rings. The quantitative estimate of drug-likeness (QED) is 0.902. The molecule has 0 spiro atoms. The minimum atomic E-state index is -0.743. The molecule has 0 bridgehead atoms. The number of rotatable bonds is 5. The van der Waals surface area contributed by atoms with Crippen LogP contribution in [0.1, 0.15) is 30.6 Å². The molecule has 0 saturated carbocycles. The summed E-state index contributed by atoms with van der Waals surface area (Å²) in [5.41, 5.74) is 1.00. The Labute approximate surface area is 138 Å². The Hall–Kier alpha value is -2.08. The Balaban J connectivity index is 1.98. The number of halogens is 3. The Morgan fingerprint density at radius 3 is 2.71 bits per heavy atom. The molecule has 1 saturated heterocycles. The maximum atomic E-state index is 14.3. The zero-order valence-electron chi connectivity index (χ0n) is 13.4. The molecular formula is C18H19F3N2O. The summed E-state index contributed by atoms with van der Waals surface area (Å²) in [5, 5.41) is 3.23. The molecule has 1 aromatic heterocycles. The first kappa shape index (κ1) is 16.8. The van der Waals surface area contributed by atoms with E-state index in [1.54, 1.807) is 6.92 Å². The number of pyridine rings is 1. The number of aromatic nitrogens is 1. The molecular weight excluding hydrogens is 317 g/mol. The molecule has 6 heteroatoms. The van der Waals surface area contributed by atoms with Gasteiger partial charge >= 0.3 is 0 Å². The number of nitrogens with zero attached hydrogens (tertiary/aromatic N) is 1. The molecule has 1 N–H and O–H groups in total. The van der Waals surface area contributed by atoms with Crippen LogP contribution in [0, 0.1) is 23.4 Å². The number of hydrogen-bond acceptors (Lipinski definition) is 3. The van der Waals surface area contributed by atoms with Crippen molar-refractivity contribution in [2.45, 2.75) is 25.9 Å². The zero-order chi connectivity index (χ0) is 17.1. The van der Waals surface area contributed by atoms with Gasteiger partial charge in [0.2, 0.25) is 0 Å². The van der Waals surface area contributed by atoms with E-state index >= 15 is 0 Å². The second-order valence-electron chi connectivity index (χ2n) is 5.96. The molecule has 1 fully saturated rings. The lowest BCUT2D eigenvalue weighted by molar-refractivity contribution is 0.135. The van der Waals surface area contributed by atoms with Gasteiger partial charge in [0.1, 0.15) is 17.7 Å². The fourth-order valence-electron chi connectivity index (χ4n) is 3.09. The predicted octanol–water partition coefficient (Wildman–Crippen LogP) is 3.79. The third kappa shape index (κ3) is 3.53. The van der Waals surface area contributed by atoms with Gasteiger partial charge in [-0.3, -0.25) is 4.98 Å². The smallest absolute Gasteiger partial charge is 0.168 e. The first-order valence-electron chi connectivity index (χ1n) is 8.04. The average Bonchev–Trinajstić information content (AvgIpc) is 3.07. The van der Waals surface area contributed by atoms with Crippen molar-refractivity contribution in [3.63, 3.8) is 0 Å². The van der Waals surface area contributed by atoms with Crippen LogP contribution in [0.5, 0.6) is 5.75 Å². The SMILES string of the molecule is CCc1cc(F)cc(F)c1OC(c1cncc(F)c1)C1CCNC1. The van der Waals surface area contributed by atoms with Crippen molar-refractivity contribution in [2.24, 2.45) is 5.92 Å². The van der Waals surface area contributed by atoms with Gasteiger partial charge in [-0.15, -0.1) is 0 Å². The average molecular weight is 336 g/mol. The summed E-state index contributed by atoms with van der Waals surface area (Å²) in [6.45, 7) is 3.31. The van der Waals surface area contributed by atoms with Crippen LogP contribution in [0.3, 0.4) is 0 Å². The van der Waals surface area contributed by atoms with Gasteiger partial charge in [0.15, 0.2) is 11.6 Å². The molecule has 1 aliphatic heterocycles. The molecule has 0 radical (unpaired) electrons. The van der Waals surface area contributed by atoms with Crippen LogP contribution < -0.4 is 10.1 Å². The Morgan fingerprint density at radius 2 is 2.04 bits per heavy atom. The van der Waals surface area contributed by atoms with Crippen LogP contribution in [0.25, 0.3) is 0 Å². The summed E-state index contributed by atoms with van der Waals surface area (Å²) in [7, 11) is 0. The Morgan fingerprint density at radius 1 is 1.21 bits per heavy atom. The van der Waals surface area contributed by atoms with Crippen molar-refractivity contribution < 1.29 is 17.9 Å². The lowest BCUT2D eigenvalue weighted by atomic mass is 9.95. The van der Waals surface area contributed by atoms with Gasteiger partial charge < -0.3 is 10.1 Å². The van der Waals surface area contributed by atoms with E-state index in [1.165, 1.54) is 18.3 Å². The minimum Gasteiger partial charge on any atom is -0.482 e. The van der Waals surface area contributed by atoms with Gasteiger partial charge in [0.05, 0.1) is 6.20 Å². The molecule has 3 rings (SSSR count). The second kappa shape index (κ2) is 7.21. The molecule has 0 aliphatic carbocycles. The van der Waals surface area contributed by atoms with Gasteiger partial charge in [0, 0.05) is 30.3 Å². The van der Waals surface area contributed by atoms with E-state index in [9.17, 15) is 13.2 Å². The number of hydrogen-bond donors (Lipinski definition) is 1. The molecule has 2 unspecified atom stereocenters. The van der Waals surface area contributed by atoms with Crippen molar-refractivity contribution in [1.29, 1.82) is 0 Å². The highest BCUT2D eigenvalue weighted by Gasteiger charge is 2.30. The van der Waals surface area contributed by atoms with Crippen molar-refractivity contribution in [2.75, 3.05) is 13.1 Å². The van der Waals surface area contributed by atoms with E-state index in [4.69, 9.17) is 4.74 Å². The fourth-order valence-corrected chi connectivity index (χ4v) is 3.09. The number of ether oxygens (including phenoxy) is 1. The number of nitrogens with one attached hydrogen (secondary N) is 1. The van der Waals surface area contributed by atoms with Crippen LogP contribution in [-0.4, -0.2) is 18.1 Å². The lowest BCUT2D eigenvalue weighted by Crippen LogP contribution is -2.22. The van der Waals surface area contributed by atoms with Crippen LogP contribution in [-0.2, 0) is 6.42 Å². The summed E-state index contributed by atoms with van der Waals surface area (Å²) in [5.74, 6) is -1.76. The van der Waals surface area contributed by atoms with Crippen molar-refractivity contribution in [3.05, 3.63) is 59.2 Å². The standard InChI is InChI=1S/C18H19F3N2O/c1-2-11-5-14(19)7-16(21)18(11)24-17(12-3-4-22-8-12)13-6-15(20)10-23-9-13/h5-7,9-10,12,17,22H,2-4,8H2,1H3. The highest BCUT2D eigenvalue weighted by atomic mass is 19.1. The Kier molecular flexibility index (Phi) is 5.04. The highest BCUT2D eigenvalue weighted by molar-refractivity contribution is 5.36. The predicted molar refractivity (Wildman–Crippen MR) is 84.3 cm³/mol. The normalized spacial score (nSPS) is 18.6. The van der Waals surface area contributed by atoms with E-state index in [-0.39, 0.29) is 11.7 Å². The summed E-state index contributed by atoms with van der Waals surface area (Å²) < 4.78 is 47.2. The van der Waals surface area contributed by atoms with Crippen LogP contribution in [0.2, 0.25) is 0 Å². The summed E-state index contributed by atoms with van der Waals surface area (Å²) >= 11 is 0. The van der Waals surface area contributed by atoms with Crippen molar-refractivity contribution >= 4 is 0 Å². The zero-order valence-corrected chi connectivity index (χ0v) is 13.4. The maximum Gasteiger partial charge on any atom is 0.168 e.